The number of rotatable bonds is 5. The van der Waals surface area contributed by atoms with Crippen LogP contribution < -0.4 is 5.32 Å². The lowest BCUT2D eigenvalue weighted by atomic mass is 10.1. The van der Waals surface area contributed by atoms with Crippen LogP contribution in [0.4, 0.5) is 5.13 Å². The highest BCUT2D eigenvalue weighted by molar-refractivity contribution is 7.19. The number of aromatic nitrogens is 2. The van der Waals surface area contributed by atoms with Crippen LogP contribution >= 0.6 is 22.7 Å². The second kappa shape index (κ2) is 6.75. The Kier molecular flexibility index (Phi) is 4.31. The molecule has 0 spiro atoms. The van der Waals surface area contributed by atoms with E-state index in [2.05, 4.69) is 15.5 Å². The maximum atomic E-state index is 12.7. The lowest BCUT2D eigenvalue weighted by Crippen LogP contribution is -2.13. The first-order valence-electron chi connectivity index (χ1n) is 7.43. The molecule has 1 N–H and O–H groups in total. The number of ether oxygens (including phenoxy) is 1. The van der Waals surface area contributed by atoms with E-state index in [1.54, 1.807) is 18.4 Å². The van der Waals surface area contributed by atoms with Gasteiger partial charge in [0.2, 0.25) is 5.13 Å². The van der Waals surface area contributed by atoms with E-state index in [0.717, 1.165) is 21.5 Å². The molecule has 0 saturated heterocycles. The van der Waals surface area contributed by atoms with E-state index < -0.39 is 0 Å². The van der Waals surface area contributed by atoms with Crippen molar-refractivity contribution in [2.24, 2.45) is 0 Å². The van der Waals surface area contributed by atoms with Crippen LogP contribution in [0.15, 0.2) is 45.5 Å². The van der Waals surface area contributed by atoms with Crippen molar-refractivity contribution in [2.75, 3.05) is 12.4 Å². The largest absolute Gasteiger partial charge is 0.451 e. The Balaban J connectivity index is 1.63. The number of furan rings is 1. The van der Waals surface area contributed by atoms with Crippen molar-refractivity contribution in [2.45, 2.75) is 6.61 Å². The van der Waals surface area contributed by atoms with Gasteiger partial charge >= 0.3 is 0 Å². The normalized spacial score (nSPS) is 11.1. The maximum Gasteiger partial charge on any atom is 0.293 e. The van der Waals surface area contributed by atoms with Gasteiger partial charge in [0, 0.05) is 29.0 Å². The summed E-state index contributed by atoms with van der Waals surface area (Å²) in [4.78, 5) is 12.7. The molecule has 1 amide bonds. The van der Waals surface area contributed by atoms with Crippen molar-refractivity contribution >= 4 is 44.7 Å². The Morgan fingerprint density at radius 1 is 1.28 bits per heavy atom. The quantitative estimate of drug-likeness (QED) is 0.562. The lowest BCUT2D eigenvalue weighted by molar-refractivity contribution is 0.0992. The maximum absolute atomic E-state index is 12.7. The van der Waals surface area contributed by atoms with Gasteiger partial charge in [0.1, 0.15) is 10.6 Å². The van der Waals surface area contributed by atoms with E-state index >= 15 is 0 Å². The molecule has 0 atom stereocenters. The topological polar surface area (TPSA) is 77.2 Å². The molecule has 0 aliphatic heterocycles. The summed E-state index contributed by atoms with van der Waals surface area (Å²) in [5, 5.41) is 16.9. The summed E-state index contributed by atoms with van der Waals surface area (Å²) in [7, 11) is 1.58. The number of methoxy groups -OCH3 is 1. The van der Waals surface area contributed by atoms with Crippen molar-refractivity contribution in [1.29, 1.82) is 0 Å². The molecule has 3 heterocycles. The van der Waals surface area contributed by atoms with Crippen LogP contribution in [0.5, 0.6) is 0 Å². The number of carbonyl (C=O) groups is 1. The highest BCUT2D eigenvalue weighted by Gasteiger charge is 2.21. The molecule has 25 heavy (non-hydrogen) atoms. The SMILES string of the molecule is COCc1c(C(=O)Nc2nnc(-c3ccsc3)s2)oc2ccccc12. The number of hydrogen-bond acceptors (Lipinski definition) is 7. The smallest absolute Gasteiger partial charge is 0.293 e. The van der Waals surface area contributed by atoms with Gasteiger partial charge in [-0.05, 0) is 17.5 Å². The van der Waals surface area contributed by atoms with E-state index in [1.165, 1.54) is 11.3 Å². The minimum Gasteiger partial charge on any atom is -0.451 e. The van der Waals surface area contributed by atoms with Gasteiger partial charge in [-0.25, -0.2) is 0 Å². The number of amides is 1. The Morgan fingerprint density at radius 2 is 2.16 bits per heavy atom. The molecule has 0 unspecified atom stereocenters. The zero-order valence-electron chi connectivity index (χ0n) is 13.2. The van der Waals surface area contributed by atoms with Crippen molar-refractivity contribution in [3.8, 4) is 10.6 Å². The number of anilines is 1. The highest BCUT2D eigenvalue weighted by atomic mass is 32.1. The number of fused-ring (bicyclic) bond motifs is 1. The number of nitrogens with one attached hydrogen (secondary N) is 1. The summed E-state index contributed by atoms with van der Waals surface area (Å²) in [5.74, 6) is -0.133. The first kappa shape index (κ1) is 15.9. The minimum absolute atomic E-state index is 0.232. The van der Waals surface area contributed by atoms with Gasteiger partial charge in [-0.15, -0.1) is 10.2 Å². The lowest BCUT2D eigenvalue weighted by Gasteiger charge is -2.01. The van der Waals surface area contributed by atoms with Crippen molar-refractivity contribution < 1.29 is 13.9 Å². The molecule has 0 bridgehead atoms. The molecule has 1 aromatic carbocycles. The fourth-order valence-corrected chi connectivity index (χ4v) is 3.95. The number of benzene rings is 1. The molecule has 4 aromatic rings. The van der Waals surface area contributed by atoms with Crippen molar-refractivity contribution in [3.63, 3.8) is 0 Å². The Hall–Kier alpha value is -2.55. The van der Waals surface area contributed by atoms with Gasteiger partial charge < -0.3 is 9.15 Å². The second-order valence-corrected chi connectivity index (χ2v) is 6.97. The summed E-state index contributed by atoms with van der Waals surface area (Å²) in [5.41, 5.74) is 2.36. The molecule has 126 valence electrons. The summed E-state index contributed by atoms with van der Waals surface area (Å²) >= 11 is 2.91. The Bertz CT molecular complexity index is 1020. The molecule has 0 aliphatic rings. The van der Waals surface area contributed by atoms with Crippen LogP contribution in [-0.2, 0) is 11.3 Å². The monoisotopic (exact) mass is 371 g/mol. The number of carbonyl (C=O) groups excluding carboxylic acids is 1. The van der Waals surface area contributed by atoms with E-state index in [0.29, 0.717) is 10.7 Å². The van der Waals surface area contributed by atoms with Gasteiger partial charge in [-0.3, -0.25) is 10.1 Å². The Morgan fingerprint density at radius 3 is 2.96 bits per heavy atom. The predicted molar refractivity (Wildman–Crippen MR) is 98.1 cm³/mol. The molecule has 3 aromatic heterocycles. The highest BCUT2D eigenvalue weighted by Crippen LogP contribution is 2.30. The van der Waals surface area contributed by atoms with E-state index in [4.69, 9.17) is 9.15 Å². The molecule has 4 rings (SSSR count). The average molecular weight is 371 g/mol. The van der Waals surface area contributed by atoms with Gasteiger partial charge in [-0.2, -0.15) is 11.3 Å². The van der Waals surface area contributed by atoms with Gasteiger partial charge in [-0.1, -0.05) is 29.5 Å². The van der Waals surface area contributed by atoms with Gasteiger partial charge in [0.15, 0.2) is 5.76 Å². The molecule has 0 saturated carbocycles. The zero-order valence-corrected chi connectivity index (χ0v) is 14.8. The third-order valence-corrected chi connectivity index (χ3v) is 5.18. The molecular formula is C17H13N3O3S2. The van der Waals surface area contributed by atoms with Crippen LogP contribution in [0, 0.1) is 0 Å². The van der Waals surface area contributed by atoms with Crippen LogP contribution in [0.3, 0.4) is 0 Å². The average Bonchev–Trinajstić information content (AvgIpc) is 3.34. The number of nitrogens with zero attached hydrogens (tertiary/aromatic N) is 2. The third kappa shape index (κ3) is 3.07. The molecule has 6 nitrogen and oxygen atoms in total. The van der Waals surface area contributed by atoms with Crippen LogP contribution in [0.1, 0.15) is 16.1 Å². The predicted octanol–water partition coefficient (Wildman–Crippen LogP) is 4.41. The van der Waals surface area contributed by atoms with Crippen molar-refractivity contribution in [3.05, 3.63) is 52.4 Å². The molecule has 0 radical (unpaired) electrons. The van der Waals surface area contributed by atoms with Gasteiger partial charge in [0.05, 0.1) is 6.61 Å². The standard InChI is InChI=1S/C17H13N3O3S2/c1-22-8-12-11-4-2-3-5-13(11)23-14(12)15(21)18-17-20-19-16(25-17)10-6-7-24-9-10/h2-7,9H,8H2,1H3,(H,18,20,21). The zero-order chi connectivity index (χ0) is 17.2. The third-order valence-electron chi connectivity index (χ3n) is 3.61. The Labute approximate surface area is 151 Å². The summed E-state index contributed by atoms with van der Waals surface area (Å²) < 4.78 is 11.0. The fraction of sp³-hybridized carbons (Fsp3) is 0.118. The second-order valence-electron chi connectivity index (χ2n) is 5.22. The molecule has 8 heteroatoms. The first-order chi connectivity index (χ1) is 12.3. The summed E-state index contributed by atoms with van der Waals surface area (Å²) in [6, 6.07) is 9.46. The molecule has 0 aliphatic carbocycles. The molecule has 0 fully saturated rings. The van der Waals surface area contributed by atoms with Crippen molar-refractivity contribution in [1.82, 2.24) is 10.2 Å². The number of para-hydroxylation sites is 1. The van der Waals surface area contributed by atoms with Crippen LogP contribution in [-0.4, -0.2) is 23.2 Å². The van der Waals surface area contributed by atoms with E-state index in [9.17, 15) is 4.79 Å². The number of hydrogen-bond donors (Lipinski definition) is 1. The summed E-state index contributed by atoms with van der Waals surface area (Å²) in [6.07, 6.45) is 0. The van der Waals surface area contributed by atoms with Gasteiger partial charge in [0.25, 0.3) is 5.91 Å². The summed E-state index contributed by atoms with van der Waals surface area (Å²) in [6.45, 7) is 0.288. The fourth-order valence-electron chi connectivity index (χ4n) is 2.50. The number of thiophene rings is 1. The van der Waals surface area contributed by atoms with Crippen LogP contribution in [0.25, 0.3) is 21.5 Å². The first-order valence-corrected chi connectivity index (χ1v) is 9.19. The van der Waals surface area contributed by atoms with Crippen LogP contribution in [0.2, 0.25) is 0 Å². The molecular weight excluding hydrogens is 358 g/mol. The van der Waals surface area contributed by atoms with E-state index in [1.807, 2.05) is 41.1 Å². The van der Waals surface area contributed by atoms with E-state index in [-0.39, 0.29) is 18.3 Å². The minimum atomic E-state index is -0.365.